The zero-order valence-electron chi connectivity index (χ0n) is 22.1. The van der Waals surface area contributed by atoms with Gasteiger partial charge in [0.15, 0.2) is 5.25 Å². The number of hydroxylamine groups is 2. The Hall–Kier alpha value is -3.07. The van der Waals surface area contributed by atoms with Crippen LogP contribution in [0.4, 0.5) is 0 Å². The van der Waals surface area contributed by atoms with E-state index >= 15 is 0 Å². The summed E-state index contributed by atoms with van der Waals surface area (Å²) >= 11 is 0. The molecule has 0 saturated carbocycles. The van der Waals surface area contributed by atoms with Crippen molar-refractivity contribution >= 4 is 45.6 Å². The molecule has 1 aliphatic heterocycles. The van der Waals surface area contributed by atoms with E-state index in [4.69, 9.17) is 15.1 Å². The molecule has 5 amide bonds. The summed E-state index contributed by atoms with van der Waals surface area (Å²) in [6.07, 6.45) is 0.708. The number of hydrogen-bond donors (Lipinski definition) is 4. The second-order valence-corrected chi connectivity index (χ2v) is 11.1. The Balaban J connectivity index is 2.84. The first-order chi connectivity index (χ1) is 17.6. The van der Waals surface area contributed by atoms with Gasteiger partial charge in [0, 0.05) is 17.8 Å². The number of imide groups is 1. The molecule has 1 saturated heterocycles. The molecule has 38 heavy (non-hydrogen) atoms. The van der Waals surface area contributed by atoms with E-state index in [2.05, 4.69) is 10.6 Å². The predicted molar refractivity (Wildman–Crippen MR) is 133 cm³/mol. The smallest absolute Gasteiger partial charge is 0.336 e. The van der Waals surface area contributed by atoms with Crippen LogP contribution in [-0.4, -0.2) is 65.5 Å². The van der Waals surface area contributed by atoms with Crippen LogP contribution in [0, 0.1) is 23.7 Å². The van der Waals surface area contributed by atoms with Crippen LogP contribution in [-0.2, 0) is 43.7 Å². The monoisotopic (exact) mass is 562 g/mol. The van der Waals surface area contributed by atoms with E-state index in [9.17, 15) is 37.2 Å². The van der Waals surface area contributed by atoms with Crippen LogP contribution >= 0.6 is 0 Å². The topological polar surface area (TPSA) is 219 Å². The van der Waals surface area contributed by atoms with Gasteiger partial charge in [-0.1, -0.05) is 27.7 Å². The average Bonchev–Trinajstić information content (AvgIpc) is 3.13. The van der Waals surface area contributed by atoms with Gasteiger partial charge in [-0.25, -0.2) is 4.79 Å². The summed E-state index contributed by atoms with van der Waals surface area (Å²) in [5, 5.41) is 3.14. The quantitative estimate of drug-likeness (QED) is 0.112. The van der Waals surface area contributed by atoms with Crippen molar-refractivity contribution in [2.75, 3.05) is 6.67 Å². The number of rotatable bonds is 16. The zero-order valence-corrected chi connectivity index (χ0v) is 22.9. The number of nitrogens with zero attached hydrogens (tertiary/aromatic N) is 1. The first kappa shape index (κ1) is 33.0. The third-order valence-corrected chi connectivity index (χ3v) is 7.76. The van der Waals surface area contributed by atoms with Gasteiger partial charge in [-0.15, -0.1) is 5.06 Å². The lowest BCUT2D eigenvalue weighted by Gasteiger charge is -2.22. The first-order valence-electron chi connectivity index (χ1n) is 12.5. The van der Waals surface area contributed by atoms with Gasteiger partial charge < -0.3 is 21.2 Å². The summed E-state index contributed by atoms with van der Waals surface area (Å²) in [6, 6.07) is 0. The van der Waals surface area contributed by atoms with Gasteiger partial charge in [0.2, 0.25) is 17.7 Å². The second-order valence-electron chi connectivity index (χ2n) is 9.47. The Morgan fingerprint density at radius 2 is 1.50 bits per heavy atom. The lowest BCUT2D eigenvalue weighted by Crippen LogP contribution is -2.41. The molecule has 1 rings (SSSR count). The van der Waals surface area contributed by atoms with E-state index in [0.29, 0.717) is 12.8 Å². The molecule has 5 unspecified atom stereocenters. The van der Waals surface area contributed by atoms with Crippen molar-refractivity contribution in [2.24, 2.45) is 29.4 Å². The molecular formula is C23H38N4O10S. The molecule has 1 fully saturated rings. The van der Waals surface area contributed by atoms with E-state index in [1.165, 1.54) is 0 Å². The fraction of sp³-hybridized carbons (Fsp3) is 0.739. The molecule has 1 aliphatic rings. The molecule has 0 aromatic heterocycles. The molecule has 15 heteroatoms. The third-order valence-electron chi connectivity index (χ3n) is 6.68. The maximum absolute atomic E-state index is 12.9. The van der Waals surface area contributed by atoms with Gasteiger partial charge in [-0.05, 0) is 38.5 Å². The molecule has 14 nitrogen and oxygen atoms in total. The van der Waals surface area contributed by atoms with Crippen LogP contribution in [0.2, 0.25) is 0 Å². The summed E-state index contributed by atoms with van der Waals surface area (Å²) in [7, 11) is -4.88. The summed E-state index contributed by atoms with van der Waals surface area (Å²) < 4.78 is 31.8. The lowest BCUT2D eigenvalue weighted by atomic mass is 9.89. The largest absolute Gasteiger partial charge is 0.369 e. The Morgan fingerprint density at radius 3 is 1.97 bits per heavy atom. The minimum Gasteiger partial charge on any atom is -0.369 e. The number of amides is 5. The van der Waals surface area contributed by atoms with E-state index in [0.717, 1.165) is 0 Å². The number of nitrogens with two attached hydrogens (primary N) is 1. The van der Waals surface area contributed by atoms with Gasteiger partial charge >= 0.3 is 5.97 Å². The fourth-order valence-corrected chi connectivity index (χ4v) is 4.44. The molecule has 5 atom stereocenters. The number of primary amides is 1. The van der Waals surface area contributed by atoms with Crippen molar-refractivity contribution in [2.45, 2.75) is 77.9 Å². The van der Waals surface area contributed by atoms with Crippen molar-refractivity contribution in [3.05, 3.63) is 0 Å². The van der Waals surface area contributed by atoms with Crippen molar-refractivity contribution in [1.29, 1.82) is 0 Å². The van der Waals surface area contributed by atoms with Gasteiger partial charge in [0.25, 0.3) is 21.9 Å². The molecule has 0 aromatic carbocycles. The van der Waals surface area contributed by atoms with Crippen molar-refractivity contribution in [1.82, 2.24) is 15.7 Å². The molecule has 1 heterocycles. The van der Waals surface area contributed by atoms with Gasteiger partial charge in [-0.3, -0.25) is 28.5 Å². The highest BCUT2D eigenvalue weighted by Gasteiger charge is 2.48. The summed E-state index contributed by atoms with van der Waals surface area (Å²) in [4.78, 5) is 78.0. The highest BCUT2D eigenvalue weighted by molar-refractivity contribution is 7.87. The molecule has 0 spiro atoms. The lowest BCUT2D eigenvalue weighted by molar-refractivity contribution is -0.201. The number of carbonyl (C=O) groups excluding carboxylic acids is 6. The molecule has 0 aliphatic carbocycles. The van der Waals surface area contributed by atoms with Crippen molar-refractivity contribution in [3.63, 3.8) is 0 Å². The van der Waals surface area contributed by atoms with E-state index < -0.39 is 63.2 Å². The molecular weight excluding hydrogens is 524 g/mol. The van der Waals surface area contributed by atoms with Crippen LogP contribution < -0.4 is 16.4 Å². The number of nitrogens with one attached hydrogen (secondary N) is 2. The zero-order chi connectivity index (χ0) is 29.2. The van der Waals surface area contributed by atoms with Gasteiger partial charge in [-0.2, -0.15) is 8.42 Å². The minimum absolute atomic E-state index is 0.0231. The van der Waals surface area contributed by atoms with Crippen molar-refractivity contribution in [3.8, 4) is 0 Å². The van der Waals surface area contributed by atoms with E-state index in [1.54, 1.807) is 20.8 Å². The molecule has 0 aromatic rings. The van der Waals surface area contributed by atoms with Crippen LogP contribution in [0.1, 0.15) is 72.6 Å². The van der Waals surface area contributed by atoms with E-state index in [-0.39, 0.29) is 55.1 Å². The van der Waals surface area contributed by atoms with Gasteiger partial charge in [0.1, 0.15) is 0 Å². The Bertz CT molecular complexity index is 1020. The number of carbonyl (C=O) groups is 6. The third kappa shape index (κ3) is 9.67. The Labute approximate surface area is 222 Å². The van der Waals surface area contributed by atoms with Gasteiger partial charge in [0.05, 0.1) is 19.0 Å². The SMILES string of the molecule is CCC(C)C(=O)NCNC(=O)C(C)CCC(CCC(CC)C(N)=O)C(=O)ON1C(=O)CC(S(=O)(=O)O)C1=O. The Kier molecular flexibility index (Phi) is 12.8. The summed E-state index contributed by atoms with van der Waals surface area (Å²) in [5.74, 6) is -6.98. The minimum atomic E-state index is -4.88. The van der Waals surface area contributed by atoms with E-state index in [1.807, 2.05) is 6.92 Å². The number of hydrogen-bond acceptors (Lipinski definition) is 9. The van der Waals surface area contributed by atoms with Crippen LogP contribution in [0.5, 0.6) is 0 Å². The summed E-state index contributed by atoms with van der Waals surface area (Å²) in [6.45, 7) is 6.90. The highest BCUT2D eigenvalue weighted by Crippen LogP contribution is 2.26. The van der Waals surface area contributed by atoms with Crippen LogP contribution in [0.25, 0.3) is 0 Å². The van der Waals surface area contributed by atoms with Crippen LogP contribution in [0.15, 0.2) is 0 Å². The van der Waals surface area contributed by atoms with Crippen LogP contribution in [0.3, 0.4) is 0 Å². The highest BCUT2D eigenvalue weighted by atomic mass is 32.2. The maximum atomic E-state index is 12.9. The molecule has 5 N–H and O–H groups in total. The normalized spacial score (nSPS) is 18.9. The second kappa shape index (κ2) is 14.8. The standard InChI is InChI=1S/C23H38N4O10S/c1-5-13(3)20(30)25-12-26-21(31)14(4)7-8-16(10-9-15(6-2)19(24)29)23(33)37-27-18(28)11-17(22(27)32)38(34,35)36/h13-17H,5-12H2,1-4H3,(H2,24,29)(H,25,30)(H,26,31)(H,34,35,36). The molecule has 216 valence electrons. The Morgan fingerprint density at radius 1 is 0.974 bits per heavy atom. The average molecular weight is 563 g/mol. The molecule has 0 radical (unpaired) electrons. The maximum Gasteiger partial charge on any atom is 0.336 e. The predicted octanol–water partition coefficient (Wildman–Crippen LogP) is 0.0201. The fourth-order valence-electron chi connectivity index (χ4n) is 3.74. The molecule has 0 bridgehead atoms. The van der Waals surface area contributed by atoms with Crippen molar-refractivity contribution < 1.29 is 46.6 Å². The first-order valence-corrected chi connectivity index (χ1v) is 14.0. The summed E-state index contributed by atoms with van der Waals surface area (Å²) in [5.41, 5.74) is 5.38.